The molecule has 1 heterocycles. The van der Waals surface area contributed by atoms with Gasteiger partial charge in [0, 0.05) is 12.4 Å². The van der Waals surface area contributed by atoms with Crippen LogP contribution in [0.3, 0.4) is 0 Å². The molecule has 0 radical (unpaired) electrons. The summed E-state index contributed by atoms with van der Waals surface area (Å²) in [6.07, 6.45) is 2.20. The Bertz CT molecular complexity index is 149. The maximum absolute atomic E-state index is 10.6. The summed E-state index contributed by atoms with van der Waals surface area (Å²) in [4.78, 5) is 10.6. The van der Waals surface area contributed by atoms with Crippen LogP contribution in [0.25, 0.3) is 0 Å². The van der Waals surface area contributed by atoms with E-state index in [1.807, 2.05) is 0 Å². The van der Waals surface area contributed by atoms with Crippen LogP contribution in [0.5, 0.6) is 0 Å². The molecule has 3 nitrogen and oxygen atoms in total. The van der Waals surface area contributed by atoms with Gasteiger partial charge in [0.25, 0.3) is 0 Å². The third kappa shape index (κ3) is 3.45. The first-order valence-corrected chi connectivity index (χ1v) is 5.22. The maximum atomic E-state index is 10.6. The highest BCUT2D eigenvalue weighted by Gasteiger charge is 2.23. The molecule has 1 fully saturated rings. The van der Waals surface area contributed by atoms with Crippen molar-refractivity contribution >= 4 is 17.1 Å². The minimum absolute atomic E-state index is 0.0145. The van der Waals surface area contributed by atoms with Crippen LogP contribution < -0.4 is 0 Å². The number of carbonyl (C=O) groups excluding carboxylic acids is 1. The van der Waals surface area contributed by atoms with Gasteiger partial charge in [-0.2, -0.15) is 0 Å². The van der Waals surface area contributed by atoms with Crippen LogP contribution >= 0.6 is 11.8 Å². The van der Waals surface area contributed by atoms with E-state index in [4.69, 9.17) is 9.47 Å². The Morgan fingerprint density at radius 2 is 2.58 bits per heavy atom. The molecule has 0 saturated carbocycles. The second-order valence-electron chi connectivity index (χ2n) is 2.73. The molecule has 1 atom stereocenters. The van der Waals surface area contributed by atoms with Crippen LogP contribution in [-0.4, -0.2) is 30.4 Å². The van der Waals surface area contributed by atoms with Gasteiger partial charge in [-0.15, -0.1) is 0 Å². The van der Waals surface area contributed by atoms with Crippen LogP contribution in [0.1, 0.15) is 19.8 Å². The van der Waals surface area contributed by atoms with Gasteiger partial charge in [0.15, 0.2) is 0 Å². The summed E-state index contributed by atoms with van der Waals surface area (Å²) in [5.74, 6) is 0.741. The van der Waals surface area contributed by atoms with E-state index in [-0.39, 0.29) is 11.4 Å². The van der Waals surface area contributed by atoms with Crippen LogP contribution in [0.4, 0.5) is 4.79 Å². The van der Waals surface area contributed by atoms with Crippen molar-refractivity contribution in [2.45, 2.75) is 25.9 Å². The first-order chi connectivity index (χ1) is 5.83. The van der Waals surface area contributed by atoms with Crippen molar-refractivity contribution in [2.24, 2.45) is 0 Å². The number of thioether (sulfide) groups is 1. The summed E-state index contributed by atoms with van der Waals surface area (Å²) in [5.41, 5.74) is 0. The predicted octanol–water partition coefficient (Wildman–Crippen LogP) is 2.06. The van der Waals surface area contributed by atoms with Crippen molar-refractivity contribution in [3.05, 3.63) is 0 Å². The zero-order valence-corrected chi connectivity index (χ0v) is 8.06. The molecule has 70 valence electrons. The van der Waals surface area contributed by atoms with E-state index >= 15 is 0 Å². The van der Waals surface area contributed by atoms with E-state index in [2.05, 4.69) is 6.92 Å². The lowest BCUT2D eigenvalue weighted by molar-refractivity contribution is 0.0448. The molecule has 1 rings (SSSR count). The van der Waals surface area contributed by atoms with Crippen molar-refractivity contribution in [3.63, 3.8) is 0 Å². The molecule has 1 aliphatic rings. The quantitative estimate of drug-likeness (QED) is 0.491. The van der Waals surface area contributed by atoms with Gasteiger partial charge in [-0.3, -0.25) is 0 Å². The van der Waals surface area contributed by atoms with Gasteiger partial charge in [0.05, 0.1) is 6.61 Å². The number of unbranched alkanes of at least 4 members (excludes halogenated alkanes) is 1. The molecular formula is C8H14O3S. The standard InChI is InChI=1S/C8H14O3S/c1-2-3-4-10-5-7-6-12-8(9)11-7/h7H,2-6H2,1H3. The van der Waals surface area contributed by atoms with Gasteiger partial charge < -0.3 is 9.47 Å². The van der Waals surface area contributed by atoms with E-state index in [1.165, 1.54) is 11.8 Å². The van der Waals surface area contributed by atoms with E-state index in [9.17, 15) is 4.79 Å². The van der Waals surface area contributed by atoms with Gasteiger partial charge in [0.1, 0.15) is 6.10 Å². The lowest BCUT2D eigenvalue weighted by atomic mass is 10.3. The predicted molar refractivity (Wildman–Crippen MR) is 48.5 cm³/mol. The lowest BCUT2D eigenvalue weighted by Crippen LogP contribution is -2.17. The van der Waals surface area contributed by atoms with Crippen LogP contribution in [-0.2, 0) is 9.47 Å². The van der Waals surface area contributed by atoms with Crippen LogP contribution in [0.2, 0.25) is 0 Å². The van der Waals surface area contributed by atoms with Gasteiger partial charge in [-0.05, 0) is 18.2 Å². The zero-order chi connectivity index (χ0) is 8.81. The number of hydrogen-bond acceptors (Lipinski definition) is 4. The normalized spacial score (nSPS) is 22.8. The molecule has 0 aliphatic carbocycles. The average molecular weight is 190 g/mol. The van der Waals surface area contributed by atoms with Gasteiger partial charge in [0.2, 0.25) is 0 Å². The zero-order valence-electron chi connectivity index (χ0n) is 7.25. The van der Waals surface area contributed by atoms with Crippen LogP contribution in [0.15, 0.2) is 0 Å². The van der Waals surface area contributed by atoms with Crippen molar-refractivity contribution < 1.29 is 14.3 Å². The SMILES string of the molecule is CCCCOCC1CSC(=O)O1. The van der Waals surface area contributed by atoms with Gasteiger partial charge >= 0.3 is 5.30 Å². The monoisotopic (exact) mass is 190 g/mol. The number of ether oxygens (including phenoxy) is 2. The van der Waals surface area contributed by atoms with E-state index in [1.54, 1.807) is 0 Å². The number of cyclic esters (lactones) is 1. The number of rotatable bonds is 5. The topological polar surface area (TPSA) is 35.5 Å². The molecule has 0 aromatic rings. The minimum Gasteiger partial charge on any atom is -0.451 e. The summed E-state index contributed by atoms with van der Waals surface area (Å²) in [5, 5.41) is -0.168. The summed E-state index contributed by atoms with van der Waals surface area (Å²) < 4.78 is 10.3. The third-order valence-corrected chi connectivity index (χ3v) is 2.47. The summed E-state index contributed by atoms with van der Waals surface area (Å²) in [6, 6.07) is 0. The highest BCUT2D eigenvalue weighted by Crippen LogP contribution is 2.19. The molecule has 0 spiro atoms. The molecule has 0 aromatic carbocycles. The van der Waals surface area contributed by atoms with E-state index < -0.39 is 0 Å². The second-order valence-corrected chi connectivity index (χ2v) is 3.68. The molecule has 0 amide bonds. The molecule has 1 unspecified atom stereocenters. The minimum atomic E-state index is -0.168. The highest BCUT2D eigenvalue weighted by molar-refractivity contribution is 8.13. The molecule has 1 saturated heterocycles. The van der Waals surface area contributed by atoms with Gasteiger partial charge in [-0.25, -0.2) is 4.79 Å². The third-order valence-electron chi connectivity index (χ3n) is 1.60. The molecule has 0 N–H and O–H groups in total. The Labute approximate surface area is 76.8 Å². The van der Waals surface area contributed by atoms with Crippen molar-refractivity contribution in [2.75, 3.05) is 19.0 Å². The molecule has 4 heteroatoms. The lowest BCUT2D eigenvalue weighted by Gasteiger charge is -2.07. The second kappa shape index (κ2) is 5.43. The van der Waals surface area contributed by atoms with Crippen LogP contribution in [0, 0.1) is 0 Å². The van der Waals surface area contributed by atoms with E-state index in [0.29, 0.717) is 6.61 Å². The van der Waals surface area contributed by atoms with Crippen molar-refractivity contribution in [1.82, 2.24) is 0 Å². The Morgan fingerprint density at radius 3 is 3.17 bits per heavy atom. The Hall–Kier alpha value is -0.220. The molecule has 1 aliphatic heterocycles. The maximum Gasteiger partial charge on any atom is 0.367 e. The molecule has 0 bridgehead atoms. The first kappa shape index (κ1) is 9.86. The highest BCUT2D eigenvalue weighted by atomic mass is 32.2. The Kier molecular flexibility index (Phi) is 4.46. The number of hydrogen-bond donors (Lipinski definition) is 0. The molecule has 12 heavy (non-hydrogen) atoms. The Morgan fingerprint density at radius 1 is 1.75 bits per heavy atom. The fraction of sp³-hybridized carbons (Fsp3) is 0.875. The van der Waals surface area contributed by atoms with Gasteiger partial charge in [-0.1, -0.05) is 13.3 Å². The first-order valence-electron chi connectivity index (χ1n) is 4.24. The fourth-order valence-electron chi connectivity index (χ4n) is 0.908. The smallest absolute Gasteiger partial charge is 0.367 e. The van der Waals surface area contributed by atoms with Crippen molar-refractivity contribution in [3.8, 4) is 0 Å². The largest absolute Gasteiger partial charge is 0.451 e. The summed E-state index contributed by atoms with van der Waals surface area (Å²) in [7, 11) is 0. The fourth-order valence-corrected chi connectivity index (χ4v) is 1.60. The molecular weight excluding hydrogens is 176 g/mol. The molecule has 0 aromatic heterocycles. The average Bonchev–Trinajstić information content (AvgIpc) is 2.45. The summed E-state index contributed by atoms with van der Waals surface area (Å²) >= 11 is 1.23. The van der Waals surface area contributed by atoms with Crippen molar-refractivity contribution in [1.29, 1.82) is 0 Å². The Balaban J connectivity index is 1.97. The van der Waals surface area contributed by atoms with E-state index in [0.717, 1.165) is 25.2 Å². The number of carbonyl (C=O) groups is 1. The summed E-state index contributed by atoms with van der Waals surface area (Å²) in [6.45, 7) is 3.45.